The lowest BCUT2D eigenvalue weighted by Gasteiger charge is -2.64. The molecule has 2 saturated carbocycles. The van der Waals surface area contributed by atoms with Gasteiger partial charge in [0.25, 0.3) is 0 Å². The van der Waals surface area contributed by atoms with Crippen LogP contribution in [0.25, 0.3) is 0 Å². The number of fused-ring (bicyclic) bond motifs is 3. The van der Waals surface area contributed by atoms with Crippen molar-refractivity contribution >= 4 is 5.78 Å². The predicted octanol–water partition coefficient (Wildman–Crippen LogP) is 4.92. The molecule has 22 heavy (non-hydrogen) atoms. The summed E-state index contributed by atoms with van der Waals surface area (Å²) in [5.74, 6) is 1.08. The van der Waals surface area contributed by atoms with Gasteiger partial charge in [-0.2, -0.15) is 0 Å². The summed E-state index contributed by atoms with van der Waals surface area (Å²) in [5, 5.41) is 0. The van der Waals surface area contributed by atoms with Crippen LogP contribution in [0.2, 0.25) is 0 Å². The molecular formula is C20H32O2. The van der Waals surface area contributed by atoms with Crippen LogP contribution in [0.15, 0.2) is 12.7 Å². The highest BCUT2D eigenvalue weighted by atomic mass is 16.5. The van der Waals surface area contributed by atoms with Crippen molar-refractivity contribution in [1.82, 2.24) is 0 Å². The first kappa shape index (κ1) is 16.2. The highest BCUT2D eigenvalue weighted by Gasteiger charge is 2.64. The molecule has 2 nitrogen and oxygen atoms in total. The average molecular weight is 304 g/mol. The molecule has 0 N–H and O–H groups in total. The standard InChI is InChI=1S/C20H32O2/c1-7-18(4)13-14(21)16-19(5)11-8-10-17(2,3)15(19)9-12-20(16,6)22-18/h7,15-16H,1,8-13H2,2-6H3/t15-,16+,18-,19-,20?/m0/s1. The number of rotatable bonds is 1. The minimum Gasteiger partial charge on any atom is -0.364 e. The first-order valence-electron chi connectivity index (χ1n) is 8.93. The van der Waals surface area contributed by atoms with Crippen LogP contribution in [0.4, 0.5) is 0 Å². The Kier molecular flexibility index (Phi) is 3.46. The molecule has 1 saturated heterocycles. The molecule has 0 aromatic heterocycles. The van der Waals surface area contributed by atoms with Gasteiger partial charge in [-0.3, -0.25) is 4.79 Å². The zero-order valence-electron chi connectivity index (χ0n) is 15.0. The van der Waals surface area contributed by atoms with Crippen LogP contribution in [0.1, 0.15) is 73.1 Å². The lowest BCUT2D eigenvalue weighted by molar-refractivity contribution is -0.240. The molecule has 2 heteroatoms. The van der Waals surface area contributed by atoms with Gasteiger partial charge in [0.1, 0.15) is 5.78 Å². The molecule has 124 valence electrons. The van der Waals surface area contributed by atoms with Crippen LogP contribution in [-0.4, -0.2) is 17.0 Å². The fraction of sp³-hybridized carbons (Fsp3) is 0.850. The SMILES string of the molecule is C=C[C@@]1(C)CC(=O)[C@H]2C(C)(CC[C@H]3C(C)(C)CCC[C@@]32C)O1. The molecule has 0 amide bonds. The number of carbonyl (C=O) groups excluding carboxylic acids is 1. The van der Waals surface area contributed by atoms with Gasteiger partial charge in [0.05, 0.1) is 17.1 Å². The van der Waals surface area contributed by atoms with E-state index < -0.39 is 5.60 Å². The number of carbonyl (C=O) groups is 1. The Morgan fingerprint density at radius 3 is 2.45 bits per heavy atom. The van der Waals surface area contributed by atoms with Crippen molar-refractivity contribution in [2.45, 2.75) is 84.3 Å². The second-order valence-corrected chi connectivity index (χ2v) is 9.45. The van der Waals surface area contributed by atoms with E-state index >= 15 is 0 Å². The van der Waals surface area contributed by atoms with Crippen LogP contribution in [0.3, 0.4) is 0 Å². The van der Waals surface area contributed by atoms with Gasteiger partial charge in [-0.15, -0.1) is 6.58 Å². The molecule has 0 spiro atoms. The smallest absolute Gasteiger partial charge is 0.142 e. The van der Waals surface area contributed by atoms with E-state index in [0.29, 0.717) is 23.5 Å². The highest BCUT2D eigenvalue weighted by Crippen LogP contribution is 2.64. The summed E-state index contributed by atoms with van der Waals surface area (Å²) in [6.45, 7) is 15.3. The summed E-state index contributed by atoms with van der Waals surface area (Å²) < 4.78 is 6.53. The Morgan fingerprint density at radius 1 is 1.14 bits per heavy atom. The molecule has 3 fully saturated rings. The van der Waals surface area contributed by atoms with E-state index in [-0.39, 0.29) is 16.9 Å². The molecule has 1 heterocycles. The van der Waals surface area contributed by atoms with Gasteiger partial charge >= 0.3 is 0 Å². The maximum absolute atomic E-state index is 13.2. The van der Waals surface area contributed by atoms with Crippen LogP contribution >= 0.6 is 0 Å². The number of ketones is 1. The Morgan fingerprint density at radius 2 is 1.82 bits per heavy atom. The monoisotopic (exact) mass is 304 g/mol. The largest absolute Gasteiger partial charge is 0.364 e. The zero-order chi connectivity index (χ0) is 16.4. The molecule has 0 aromatic carbocycles. The third kappa shape index (κ3) is 2.13. The highest BCUT2D eigenvalue weighted by molar-refractivity contribution is 5.85. The van der Waals surface area contributed by atoms with Crippen molar-refractivity contribution in [3.8, 4) is 0 Å². The second-order valence-electron chi connectivity index (χ2n) is 9.45. The molecule has 3 aliphatic rings. The molecule has 1 aliphatic heterocycles. The van der Waals surface area contributed by atoms with E-state index in [1.54, 1.807) is 0 Å². The first-order valence-corrected chi connectivity index (χ1v) is 8.93. The lowest BCUT2D eigenvalue weighted by Crippen LogP contribution is -2.65. The van der Waals surface area contributed by atoms with Crippen molar-refractivity contribution in [1.29, 1.82) is 0 Å². The fourth-order valence-electron chi connectivity index (χ4n) is 6.45. The summed E-state index contributed by atoms with van der Waals surface area (Å²) in [6, 6.07) is 0. The topological polar surface area (TPSA) is 26.3 Å². The molecule has 0 radical (unpaired) electrons. The van der Waals surface area contributed by atoms with Crippen LogP contribution in [-0.2, 0) is 9.53 Å². The van der Waals surface area contributed by atoms with Crippen LogP contribution in [0, 0.1) is 22.7 Å². The Bertz CT molecular complexity index is 508. The summed E-state index contributed by atoms with van der Waals surface area (Å²) in [5.41, 5.74) is -0.380. The van der Waals surface area contributed by atoms with E-state index in [1.807, 2.05) is 13.0 Å². The van der Waals surface area contributed by atoms with Gasteiger partial charge in [-0.1, -0.05) is 33.3 Å². The summed E-state index contributed by atoms with van der Waals surface area (Å²) in [6.07, 6.45) is 8.18. The Hall–Kier alpha value is -0.630. The Balaban J connectivity index is 2.03. The second kappa shape index (κ2) is 4.69. The molecule has 0 aromatic rings. The Labute approximate surface area is 135 Å². The normalized spacial score (nSPS) is 50.9. The lowest BCUT2D eigenvalue weighted by atomic mass is 9.44. The minimum atomic E-state index is -0.490. The molecular weight excluding hydrogens is 272 g/mol. The average Bonchev–Trinajstić information content (AvgIpc) is 2.35. The summed E-state index contributed by atoms with van der Waals surface area (Å²) in [4.78, 5) is 13.2. The first-order chi connectivity index (χ1) is 10.1. The number of hydrogen-bond donors (Lipinski definition) is 0. The van der Waals surface area contributed by atoms with E-state index in [0.717, 1.165) is 6.42 Å². The number of hydrogen-bond acceptors (Lipinski definition) is 2. The minimum absolute atomic E-state index is 0.0475. The van der Waals surface area contributed by atoms with E-state index in [2.05, 4.69) is 34.3 Å². The summed E-state index contributed by atoms with van der Waals surface area (Å²) >= 11 is 0. The molecule has 2 aliphatic carbocycles. The number of Topliss-reactive ketones (excluding diaryl/α,β-unsaturated/α-hetero) is 1. The van der Waals surface area contributed by atoms with Gasteiger partial charge in [-0.25, -0.2) is 0 Å². The fourth-order valence-corrected chi connectivity index (χ4v) is 6.45. The van der Waals surface area contributed by atoms with Gasteiger partial charge in [0.15, 0.2) is 0 Å². The third-order valence-corrected chi connectivity index (χ3v) is 7.22. The molecule has 5 atom stereocenters. The van der Waals surface area contributed by atoms with Crippen molar-refractivity contribution in [3.05, 3.63) is 12.7 Å². The van der Waals surface area contributed by atoms with Gasteiger partial charge in [-0.05, 0) is 56.3 Å². The van der Waals surface area contributed by atoms with Crippen molar-refractivity contribution in [2.24, 2.45) is 22.7 Å². The van der Waals surface area contributed by atoms with E-state index in [9.17, 15) is 4.79 Å². The predicted molar refractivity (Wildman–Crippen MR) is 89.7 cm³/mol. The number of ether oxygens (including phenoxy) is 1. The van der Waals surface area contributed by atoms with Crippen molar-refractivity contribution in [2.75, 3.05) is 0 Å². The van der Waals surface area contributed by atoms with Crippen LogP contribution in [0.5, 0.6) is 0 Å². The van der Waals surface area contributed by atoms with Crippen LogP contribution < -0.4 is 0 Å². The quantitative estimate of drug-likeness (QED) is 0.643. The maximum atomic E-state index is 13.2. The maximum Gasteiger partial charge on any atom is 0.142 e. The van der Waals surface area contributed by atoms with Crippen molar-refractivity contribution < 1.29 is 9.53 Å². The molecule has 3 rings (SSSR count). The summed E-state index contributed by atoms with van der Waals surface area (Å²) in [7, 11) is 0. The van der Waals surface area contributed by atoms with E-state index in [1.165, 1.54) is 25.7 Å². The molecule has 0 bridgehead atoms. The van der Waals surface area contributed by atoms with Gasteiger partial charge < -0.3 is 4.74 Å². The van der Waals surface area contributed by atoms with Gasteiger partial charge in [0.2, 0.25) is 0 Å². The van der Waals surface area contributed by atoms with E-state index in [4.69, 9.17) is 4.74 Å². The van der Waals surface area contributed by atoms with Gasteiger partial charge in [0, 0.05) is 6.42 Å². The van der Waals surface area contributed by atoms with Crippen molar-refractivity contribution in [3.63, 3.8) is 0 Å². The zero-order valence-corrected chi connectivity index (χ0v) is 15.0. The third-order valence-electron chi connectivity index (χ3n) is 7.22. The molecule has 1 unspecified atom stereocenters.